The molecule has 236 valence electrons. The normalized spacial score (nSPS) is 25.5. The highest BCUT2D eigenvalue weighted by atomic mass is 16.8. The van der Waals surface area contributed by atoms with E-state index >= 15 is 0 Å². The molecule has 43 heavy (non-hydrogen) atoms. The summed E-state index contributed by atoms with van der Waals surface area (Å²) in [5, 5.41) is 0. The summed E-state index contributed by atoms with van der Waals surface area (Å²) < 4.78 is 40.1. The molecule has 2 saturated heterocycles. The number of ether oxygens (including phenoxy) is 7. The summed E-state index contributed by atoms with van der Waals surface area (Å²) in [4.78, 5) is 25.7. The van der Waals surface area contributed by atoms with E-state index in [9.17, 15) is 9.59 Å². The van der Waals surface area contributed by atoms with Gasteiger partial charge in [0.05, 0.1) is 20.8 Å². The summed E-state index contributed by atoms with van der Waals surface area (Å²) in [6.45, 7) is 1.68. The predicted octanol–water partition coefficient (Wildman–Crippen LogP) is 6.06. The van der Waals surface area contributed by atoms with Crippen LogP contribution >= 0.6 is 0 Å². The van der Waals surface area contributed by atoms with Gasteiger partial charge in [-0.3, -0.25) is 4.79 Å². The van der Waals surface area contributed by atoms with Crippen molar-refractivity contribution in [2.24, 2.45) is 11.8 Å². The standard InChI is InChI=1S/C34H46O9/c1-37-27-14-12-15-28(25-27)39-22-9-5-13-26-19-20-30(35)29(26)16-4-3-8-21-34(33(36)38-2,42-31-17-6-10-23-40-31)43-32-18-7-11-24-41-32/h4-5,8,12-15,25-26,29,31-32H,6-7,9-11,16-24H2,1-2H3/b13-5+/t3?,26-,29+,31?,32?,34?/m0/s1. The molecule has 1 saturated carbocycles. The van der Waals surface area contributed by atoms with Crippen molar-refractivity contribution >= 4 is 11.8 Å². The summed E-state index contributed by atoms with van der Waals surface area (Å²) in [6.07, 6.45) is 14.6. The van der Waals surface area contributed by atoms with E-state index in [-0.39, 0.29) is 24.0 Å². The number of hydrogen-bond donors (Lipinski definition) is 0. The Kier molecular flexibility index (Phi) is 13.3. The quantitative estimate of drug-likeness (QED) is 0.0784. The number of Topliss-reactive ketones (excluding diaryl/α,β-unsaturated/α-hetero) is 1. The molecule has 0 aromatic heterocycles. The fourth-order valence-electron chi connectivity index (χ4n) is 5.64. The second-order valence-electron chi connectivity index (χ2n) is 11.1. The van der Waals surface area contributed by atoms with E-state index in [4.69, 9.17) is 33.2 Å². The molecule has 0 amide bonds. The number of methoxy groups -OCH3 is 2. The zero-order valence-electron chi connectivity index (χ0n) is 25.5. The van der Waals surface area contributed by atoms with E-state index in [0.29, 0.717) is 45.5 Å². The van der Waals surface area contributed by atoms with Gasteiger partial charge >= 0.3 is 5.97 Å². The van der Waals surface area contributed by atoms with E-state index in [1.54, 1.807) is 13.2 Å². The van der Waals surface area contributed by atoms with Gasteiger partial charge in [0.25, 0.3) is 5.79 Å². The molecule has 9 heteroatoms. The first-order valence-electron chi connectivity index (χ1n) is 15.6. The minimum Gasteiger partial charge on any atom is -0.497 e. The Morgan fingerprint density at radius 3 is 2.37 bits per heavy atom. The SMILES string of the molecule is COC(=O)C(CC=C=CC[C@H]1C(=O)CC[C@@H]1/C=C/CCOc1cccc(OC)c1)(OC1CCCCO1)OC1CCCCO1. The van der Waals surface area contributed by atoms with Gasteiger partial charge in [-0.15, -0.1) is 5.73 Å². The van der Waals surface area contributed by atoms with Crippen LogP contribution in [0.2, 0.25) is 0 Å². The van der Waals surface area contributed by atoms with Gasteiger partial charge in [-0.1, -0.05) is 18.2 Å². The van der Waals surface area contributed by atoms with Crippen molar-refractivity contribution in [3.8, 4) is 11.5 Å². The number of rotatable bonds is 15. The van der Waals surface area contributed by atoms with Gasteiger partial charge in [0.2, 0.25) is 0 Å². The lowest BCUT2D eigenvalue weighted by Gasteiger charge is -2.38. The van der Waals surface area contributed by atoms with Crippen LogP contribution in [0.1, 0.15) is 70.6 Å². The fraction of sp³-hybridized carbons (Fsp3) is 0.618. The highest BCUT2D eigenvalue weighted by molar-refractivity contribution is 5.83. The van der Waals surface area contributed by atoms with E-state index in [2.05, 4.69) is 17.9 Å². The van der Waals surface area contributed by atoms with Crippen LogP contribution in [0.5, 0.6) is 11.5 Å². The number of benzene rings is 1. The van der Waals surface area contributed by atoms with Crippen molar-refractivity contribution in [3.63, 3.8) is 0 Å². The molecule has 3 aliphatic rings. The van der Waals surface area contributed by atoms with Crippen LogP contribution in [0.4, 0.5) is 0 Å². The van der Waals surface area contributed by atoms with Crippen LogP contribution in [0.3, 0.4) is 0 Å². The Balaban J connectivity index is 1.34. The van der Waals surface area contributed by atoms with Gasteiger partial charge in [-0.05, 0) is 88.0 Å². The maximum Gasteiger partial charge on any atom is 0.367 e. The van der Waals surface area contributed by atoms with Crippen LogP contribution in [0, 0.1) is 11.8 Å². The molecule has 3 fully saturated rings. The molecule has 2 aliphatic heterocycles. The molecule has 0 radical (unpaired) electrons. The Morgan fingerprint density at radius 2 is 1.72 bits per heavy atom. The van der Waals surface area contributed by atoms with Gasteiger partial charge in [-0.25, -0.2) is 4.79 Å². The summed E-state index contributed by atoms with van der Waals surface area (Å²) in [7, 11) is 2.95. The van der Waals surface area contributed by atoms with Gasteiger partial charge in [0, 0.05) is 38.0 Å². The average molecular weight is 599 g/mol. The minimum atomic E-state index is -1.71. The first-order chi connectivity index (χ1) is 21.0. The zero-order chi connectivity index (χ0) is 30.3. The molecule has 1 aromatic carbocycles. The van der Waals surface area contributed by atoms with Gasteiger partial charge in [-0.2, -0.15) is 0 Å². The molecule has 4 atom stereocenters. The summed E-state index contributed by atoms with van der Waals surface area (Å²) >= 11 is 0. The highest BCUT2D eigenvalue weighted by Gasteiger charge is 2.47. The third-order valence-electron chi connectivity index (χ3n) is 8.03. The lowest BCUT2D eigenvalue weighted by molar-refractivity contribution is -0.350. The Morgan fingerprint density at radius 1 is 1.00 bits per heavy atom. The molecule has 1 aliphatic carbocycles. The molecule has 0 bridgehead atoms. The lowest BCUT2D eigenvalue weighted by atomic mass is 9.91. The first kappa shape index (κ1) is 33.0. The number of esters is 1. The number of carbonyl (C=O) groups is 2. The summed E-state index contributed by atoms with van der Waals surface area (Å²) in [5.74, 6) is -0.477. The minimum absolute atomic E-state index is 0.0745. The van der Waals surface area contributed by atoms with Gasteiger partial charge in [0.15, 0.2) is 12.6 Å². The van der Waals surface area contributed by atoms with Crippen LogP contribution in [0.25, 0.3) is 0 Å². The molecule has 2 heterocycles. The summed E-state index contributed by atoms with van der Waals surface area (Å²) in [6, 6.07) is 7.53. The smallest absolute Gasteiger partial charge is 0.367 e. The fourth-order valence-corrected chi connectivity index (χ4v) is 5.64. The Hall–Kier alpha value is -2.94. The largest absolute Gasteiger partial charge is 0.497 e. The monoisotopic (exact) mass is 598 g/mol. The number of hydrogen-bond acceptors (Lipinski definition) is 9. The maximum absolute atomic E-state index is 13.1. The van der Waals surface area contributed by atoms with E-state index in [0.717, 1.165) is 50.0 Å². The van der Waals surface area contributed by atoms with E-state index < -0.39 is 24.3 Å². The molecular weight excluding hydrogens is 552 g/mol. The third kappa shape index (κ3) is 10.1. The van der Waals surface area contributed by atoms with Crippen molar-refractivity contribution in [1.82, 2.24) is 0 Å². The molecule has 1 aromatic rings. The lowest BCUT2D eigenvalue weighted by Crippen LogP contribution is -2.51. The molecule has 9 nitrogen and oxygen atoms in total. The van der Waals surface area contributed by atoms with Crippen molar-refractivity contribution in [2.45, 2.75) is 89.0 Å². The topological polar surface area (TPSA) is 98.8 Å². The third-order valence-corrected chi connectivity index (χ3v) is 8.03. The van der Waals surface area contributed by atoms with Crippen molar-refractivity contribution in [1.29, 1.82) is 0 Å². The molecule has 0 N–H and O–H groups in total. The van der Waals surface area contributed by atoms with Gasteiger partial charge < -0.3 is 33.2 Å². The summed E-state index contributed by atoms with van der Waals surface area (Å²) in [5.41, 5.74) is 3.16. The number of ketones is 1. The maximum atomic E-state index is 13.1. The Labute approximate surface area is 255 Å². The average Bonchev–Trinajstić information content (AvgIpc) is 3.39. The Bertz CT molecular complexity index is 1090. The van der Waals surface area contributed by atoms with Crippen molar-refractivity contribution in [2.75, 3.05) is 34.0 Å². The number of carbonyl (C=O) groups excluding carboxylic acids is 2. The zero-order valence-corrected chi connectivity index (χ0v) is 25.5. The van der Waals surface area contributed by atoms with Crippen LogP contribution in [-0.2, 0) is 33.3 Å². The predicted molar refractivity (Wildman–Crippen MR) is 159 cm³/mol. The van der Waals surface area contributed by atoms with Crippen LogP contribution in [0.15, 0.2) is 54.3 Å². The molecule has 2 unspecified atom stereocenters. The van der Waals surface area contributed by atoms with E-state index in [1.807, 2.05) is 30.3 Å². The second-order valence-corrected chi connectivity index (χ2v) is 11.1. The van der Waals surface area contributed by atoms with Crippen molar-refractivity contribution < 1.29 is 42.7 Å². The number of allylic oxidation sites excluding steroid dienone is 1. The molecule has 4 rings (SSSR count). The van der Waals surface area contributed by atoms with Gasteiger partial charge in [0.1, 0.15) is 17.3 Å². The first-order valence-corrected chi connectivity index (χ1v) is 15.6. The molecule has 0 spiro atoms. The van der Waals surface area contributed by atoms with Crippen LogP contribution < -0.4 is 9.47 Å². The molecular formula is C34H46O9. The van der Waals surface area contributed by atoms with Crippen molar-refractivity contribution in [3.05, 3.63) is 54.3 Å². The van der Waals surface area contributed by atoms with Crippen LogP contribution in [-0.4, -0.2) is 64.2 Å². The highest BCUT2D eigenvalue weighted by Crippen LogP contribution is 2.33. The second kappa shape index (κ2) is 17.4. The van der Waals surface area contributed by atoms with E-state index in [1.165, 1.54) is 7.11 Å².